The number of amides is 1. The van der Waals surface area contributed by atoms with E-state index in [0.29, 0.717) is 5.92 Å². The maximum Gasteiger partial charge on any atom is 0.251 e. The smallest absolute Gasteiger partial charge is 0.251 e. The number of hydrogen-bond donors (Lipinski definition) is 2. The van der Waals surface area contributed by atoms with E-state index >= 15 is 0 Å². The fourth-order valence-electron chi connectivity index (χ4n) is 1.82. The zero-order chi connectivity index (χ0) is 14.1. The minimum absolute atomic E-state index is 0.0193. The van der Waals surface area contributed by atoms with Crippen molar-refractivity contribution in [2.45, 2.75) is 40.0 Å². The molecule has 0 aliphatic heterocycles. The fourth-order valence-corrected chi connectivity index (χ4v) is 1.82. The molecule has 3 nitrogen and oxygen atoms in total. The van der Waals surface area contributed by atoms with E-state index in [0.717, 1.165) is 43.6 Å². The Morgan fingerprint density at radius 2 is 1.84 bits per heavy atom. The highest BCUT2D eigenvalue weighted by atomic mass is 16.1. The molecule has 0 saturated carbocycles. The Morgan fingerprint density at radius 1 is 1.16 bits per heavy atom. The second-order valence-corrected chi connectivity index (χ2v) is 5.30. The minimum Gasteiger partial charge on any atom is -0.385 e. The molecule has 0 fully saturated rings. The molecule has 0 bridgehead atoms. The molecule has 0 atom stereocenters. The monoisotopic (exact) mass is 262 g/mol. The summed E-state index contributed by atoms with van der Waals surface area (Å²) >= 11 is 0. The molecule has 0 saturated heterocycles. The summed E-state index contributed by atoms with van der Waals surface area (Å²) in [6.07, 6.45) is 3.29. The lowest BCUT2D eigenvalue weighted by Crippen LogP contribution is -2.24. The number of hydrogen-bond acceptors (Lipinski definition) is 2. The van der Waals surface area contributed by atoms with Crippen LogP contribution in [0.5, 0.6) is 0 Å². The van der Waals surface area contributed by atoms with Gasteiger partial charge in [0, 0.05) is 24.3 Å². The third-order valence-electron chi connectivity index (χ3n) is 2.97. The Labute approximate surface area is 116 Å². The van der Waals surface area contributed by atoms with Gasteiger partial charge in [-0.15, -0.1) is 0 Å². The first-order valence-corrected chi connectivity index (χ1v) is 7.25. The molecule has 0 aliphatic rings. The van der Waals surface area contributed by atoms with Crippen molar-refractivity contribution >= 4 is 11.6 Å². The molecule has 0 aromatic heterocycles. The molecule has 0 heterocycles. The molecule has 0 spiro atoms. The molecule has 106 valence electrons. The molecule has 1 aromatic carbocycles. The SMILES string of the molecule is CCCNc1ccc(C(=O)NCCCC(C)C)cc1. The Kier molecular flexibility index (Phi) is 7.01. The van der Waals surface area contributed by atoms with Crippen LogP contribution >= 0.6 is 0 Å². The van der Waals surface area contributed by atoms with Gasteiger partial charge in [-0.3, -0.25) is 4.79 Å². The highest BCUT2D eigenvalue weighted by molar-refractivity contribution is 5.94. The van der Waals surface area contributed by atoms with Gasteiger partial charge in [0.15, 0.2) is 0 Å². The Morgan fingerprint density at radius 3 is 2.42 bits per heavy atom. The number of carbonyl (C=O) groups excluding carboxylic acids is 1. The van der Waals surface area contributed by atoms with Gasteiger partial charge in [0.1, 0.15) is 0 Å². The van der Waals surface area contributed by atoms with Crippen molar-refractivity contribution in [3.05, 3.63) is 29.8 Å². The second kappa shape index (κ2) is 8.57. The van der Waals surface area contributed by atoms with Crippen molar-refractivity contribution in [1.82, 2.24) is 5.32 Å². The molecule has 0 aliphatic carbocycles. The predicted octanol–water partition coefficient (Wildman–Crippen LogP) is 3.67. The highest BCUT2D eigenvalue weighted by Crippen LogP contribution is 2.09. The summed E-state index contributed by atoms with van der Waals surface area (Å²) in [6, 6.07) is 7.66. The highest BCUT2D eigenvalue weighted by Gasteiger charge is 2.04. The molecule has 2 N–H and O–H groups in total. The van der Waals surface area contributed by atoms with Crippen LogP contribution in [0.25, 0.3) is 0 Å². The summed E-state index contributed by atoms with van der Waals surface area (Å²) in [5.41, 5.74) is 1.80. The first-order chi connectivity index (χ1) is 9.13. The van der Waals surface area contributed by atoms with Crippen molar-refractivity contribution in [1.29, 1.82) is 0 Å². The van der Waals surface area contributed by atoms with Crippen molar-refractivity contribution in [2.75, 3.05) is 18.4 Å². The Bertz CT molecular complexity index is 371. The lowest BCUT2D eigenvalue weighted by molar-refractivity contribution is 0.0952. The van der Waals surface area contributed by atoms with Crippen LogP contribution in [-0.4, -0.2) is 19.0 Å². The molecule has 1 aromatic rings. The normalized spacial score (nSPS) is 10.5. The van der Waals surface area contributed by atoms with Crippen LogP contribution in [0.1, 0.15) is 50.4 Å². The van der Waals surface area contributed by atoms with Crippen LogP contribution in [0, 0.1) is 5.92 Å². The van der Waals surface area contributed by atoms with Gasteiger partial charge in [0.25, 0.3) is 5.91 Å². The van der Waals surface area contributed by atoms with Crippen LogP contribution in [0.4, 0.5) is 5.69 Å². The van der Waals surface area contributed by atoms with Crippen molar-refractivity contribution < 1.29 is 4.79 Å². The van der Waals surface area contributed by atoms with Crippen molar-refractivity contribution in [3.63, 3.8) is 0 Å². The van der Waals surface area contributed by atoms with E-state index in [1.807, 2.05) is 24.3 Å². The standard InChI is InChI=1S/C16H26N2O/c1-4-11-17-15-9-7-14(8-10-15)16(19)18-12-5-6-13(2)3/h7-10,13,17H,4-6,11-12H2,1-3H3,(H,18,19). The summed E-state index contributed by atoms with van der Waals surface area (Å²) in [7, 11) is 0. The number of carbonyl (C=O) groups is 1. The average Bonchev–Trinajstić information content (AvgIpc) is 2.41. The average molecular weight is 262 g/mol. The predicted molar refractivity (Wildman–Crippen MR) is 81.6 cm³/mol. The van der Waals surface area contributed by atoms with Crippen LogP contribution in [0.3, 0.4) is 0 Å². The first-order valence-electron chi connectivity index (χ1n) is 7.25. The lowest BCUT2D eigenvalue weighted by atomic mass is 10.1. The minimum atomic E-state index is 0.0193. The zero-order valence-corrected chi connectivity index (χ0v) is 12.3. The van der Waals surface area contributed by atoms with Gasteiger partial charge in [-0.2, -0.15) is 0 Å². The van der Waals surface area contributed by atoms with Gasteiger partial charge < -0.3 is 10.6 Å². The number of benzene rings is 1. The first kappa shape index (κ1) is 15.5. The molecule has 0 radical (unpaired) electrons. The zero-order valence-electron chi connectivity index (χ0n) is 12.3. The van der Waals surface area contributed by atoms with E-state index in [1.54, 1.807) is 0 Å². The van der Waals surface area contributed by atoms with E-state index in [9.17, 15) is 4.79 Å². The molecule has 0 unspecified atom stereocenters. The largest absolute Gasteiger partial charge is 0.385 e. The third kappa shape index (κ3) is 6.27. The summed E-state index contributed by atoms with van der Waals surface area (Å²) in [5.74, 6) is 0.714. The van der Waals surface area contributed by atoms with E-state index in [4.69, 9.17) is 0 Å². The summed E-state index contributed by atoms with van der Waals surface area (Å²) in [6.45, 7) is 8.24. The van der Waals surface area contributed by atoms with Crippen molar-refractivity contribution in [2.24, 2.45) is 5.92 Å². The third-order valence-corrected chi connectivity index (χ3v) is 2.97. The van der Waals surface area contributed by atoms with E-state index in [-0.39, 0.29) is 5.91 Å². The van der Waals surface area contributed by atoms with Gasteiger partial charge in [-0.1, -0.05) is 20.8 Å². The Balaban J connectivity index is 2.36. The Hall–Kier alpha value is -1.51. The molecular formula is C16H26N2O. The topological polar surface area (TPSA) is 41.1 Å². The number of anilines is 1. The lowest BCUT2D eigenvalue weighted by Gasteiger charge is -2.08. The number of nitrogens with one attached hydrogen (secondary N) is 2. The molecule has 19 heavy (non-hydrogen) atoms. The van der Waals surface area contributed by atoms with Gasteiger partial charge >= 0.3 is 0 Å². The van der Waals surface area contributed by atoms with Crippen LogP contribution < -0.4 is 10.6 Å². The fraction of sp³-hybridized carbons (Fsp3) is 0.562. The van der Waals surface area contributed by atoms with Crippen LogP contribution in [0.2, 0.25) is 0 Å². The van der Waals surface area contributed by atoms with E-state index in [1.165, 1.54) is 0 Å². The van der Waals surface area contributed by atoms with Crippen LogP contribution in [-0.2, 0) is 0 Å². The van der Waals surface area contributed by atoms with Gasteiger partial charge in [0.2, 0.25) is 0 Å². The molecular weight excluding hydrogens is 236 g/mol. The maximum atomic E-state index is 11.9. The number of rotatable bonds is 8. The second-order valence-electron chi connectivity index (χ2n) is 5.30. The molecule has 3 heteroatoms. The van der Waals surface area contributed by atoms with Crippen molar-refractivity contribution in [3.8, 4) is 0 Å². The quantitative estimate of drug-likeness (QED) is 0.702. The molecule has 1 rings (SSSR count). The summed E-state index contributed by atoms with van der Waals surface area (Å²) in [5, 5.41) is 6.25. The molecule has 1 amide bonds. The van der Waals surface area contributed by atoms with Gasteiger partial charge in [-0.05, 0) is 49.4 Å². The van der Waals surface area contributed by atoms with Gasteiger partial charge in [0.05, 0.1) is 0 Å². The maximum absolute atomic E-state index is 11.9. The summed E-state index contributed by atoms with van der Waals surface area (Å²) < 4.78 is 0. The van der Waals surface area contributed by atoms with Crippen LogP contribution in [0.15, 0.2) is 24.3 Å². The van der Waals surface area contributed by atoms with E-state index < -0.39 is 0 Å². The van der Waals surface area contributed by atoms with E-state index in [2.05, 4.69) is 31.4 Å². The van der Waals surface area contributed by atoms with Gasteiger partial charge in [-0.25, -0.2) is 0 Å². The summed E-state index contributed by atoms with van der Waals surface area (Å²) in [4.78, 5) is 11.9.